The van der Waals surface area contributed by atoms with Crippen LogP contribution in [0.25, 0.3) is 11.3 Å². The van der Waals surface area contributed by atoms with Crippen molar-refractivity contribution in [3.63, 3.8) is 0 Å². The summed E-state index contributed by atoms with van der Waals surface area (Å²) in [5.41, 5.74) is 4.60. The summed E-state index contributed by atoms with van der Waals surface area (Å²) in [7, 11) is 0. The van der Waals surface area contributed by atoms with Gasteiger partial charge >= 0.3 is 0 Å². The number of nitrogens with one attached hydrogen (secondary N) is 1. The molecule has 1 aliphatic heterocycles. The van der Waals surface area contributed by atoms with Crippen LogP contribution in [0.3, 0.4) is 0 Å². The highest BCUT2D eigenvalue weighted by atomic mass is 16.5. The molecule has 25 heavy (non-hydrogen) atoms. The van der Waals surface area contributed by atoms with E-state index in [0.29, 0.717) is 26.2 Å². The number of hydrogen-bond acceptors (Lipinski definition) is 8. The van der Waals surface area contributed by atoms with E-state index >= 15 is 0 Å². The van der Waals surface area contributed by atoms with Crippen LogP contribution < -0.4 is 5.32 Å². The van der Waals surface area contributed by atoms with Crippen LogP contribution in [0, 0.1) is 13.8 Å². The van der Waals surface area contributed by atoms with Crippen LogP contribution >= 0.6 is 0 Å². The molecule has 130 valence electrons. The van der Waals surface area contributed by atoms with Gasteiger partial charge in [0.15, 0.2) is 0 Å². The van der Waals surface area contributed by atoms with E-state index in [2.05, 4.69) is 30.8 Å². The van der Waals surface area contributed by atoms with Crippen molar-refractivity contribution in [1.82, 2.24) is 35.4 Å². The number of nitrogens with zero attached hydrogens (tertiary/aromatic N) is 6. The molecular weight excluding hydrogens is 322 g/mol. The summed E-state index contributed by atoms with van der Waals surface area (Å²) in [5, 5.41) is 15.9. The van der Waals surface area contributed by atoms with Crippen LogP contribution in [-0.2, 0) is 24.4 Å². The van der Waals surface area contributed by atoms with Crippen LogP contribution in [0.4, 0.5) is 0 Å². The second kappa shape index (κ2) is 6.69. The molecule has 0 spiro atoms. The predicted octanol–water partition coefficient (Wildman–Crippen LogP) is 1.03. The molecule has 9 heteroatoms. The number of aryl methyl sites for hydroxylation is 2. The van der Waals surface area contributed by atoms with E-state index < -0.39 is 0 Å². The molecular formula is C16H19N7O2. The van der Waals surface area contributed by atoms with Gasteiger partial charge < -0.3 is 14.6 Å². The molecule has 0 radical (unpaired) electrons. The number of fused-ring (bicyclic) bond motifs is 1. The van der Waals surface area contributed by atoms with Crippen molar-refractivity contribution >= 4 is 0 Å². The third-order valence-corrected chi connectivity index (χ3v) is 4.36. The predicted molar refractivity (Wildman–Crippen MR) is 87.3 cm³/mol. The van der Waals surface area contributed by atoms with Gasteiger partial charge in [0, 0.05) is 36.6 Å². The van der Waals surface area contributed by atoms with E-state index in [9.17, 15) is 0 Å². The average Bonchev–Trinajstić information content (AvgIpc) is 3.20. The quantitative estimate of drug-likeness (QED) is 0.734. The Bertz CT molecular complexity index is 839. The smallest absolute Gasteiger partial charge is 0.138 e. The highest BCUT2D eigenvalue weighted by Gasteiger charge is 2.24. The lowest BCUT2D eigenvalue weighted by atomic mass is 10.1. The summed E-state index contributed by atoms with van der Waals surface area (Å²) < 4.78 is 13.0. The zero-order valence-corrected chi connectivity index (χ0v) is 14.1. The Hall–Kier alpha value is -2.65. The topological polar surface area (TPSA) is 104 Å². The number of hydrogen-bond donors (Lipinski definition) is 1. The molecule has 1 atom stereocenters. The van der Waals surface area contributed by atoms with Crippen molar-refractivity contribution in [2.75, 3.05) is 6.54 Å². The molecule has 0 aromatic carbocycles. The van der Waals surface area contributed by atoms with Crippen molar-refractivity contribution in [3.05, 3.63) is 41.4 Å². The van der Waals surface area contributed by atoms with Gasteiger partial charge in [-0.15, -0.1) is 5.10 Å². The normalized spacial score (nSPS) is 16.8. The molecule has 3 aromatic heterocycles. The Kier molecular flexibility index (Phi) is 4.24. The van der Waals surface area contributed by atoms with Gasteiger partial charge in [0.05, 0.1) is 30.6 Å². The van der Waals surface area contributed by atoms with E-state index in [1.165, 1.54) is 6.33 Å². The van der Waals surface area contributed by atoms with Crippen LogP contribution in [-0.4, -0.2) is 42.8 Å². The van der Waals surface area contributed by atoms with Gasteiger partial charge in [-0.1, -0.05) is 10.4 Å². The van der Waals surface area contributed by atoms with Gasteiger partial charge in [0.1, 0.15) is 17.8 Å². The van der Waals surface area contributed by atoms with Crippen LogP contribution in [0.15, 0.2) is 23.2 Å². The van der Waals surface area contributed by atoms with Gasteiger partial charge in [0.25, 0.3) is 0 Å². The summed E-state index contributed by atoms with van der Waals surface area (Å²) in [5.74, 6) is 0.850. The van der Waals surface area contributed by atoms with Gasteiger partial charge in [-0.3, -0.25) is 0 Å². The Labute approximate surface area is 144 Å². The lowest BCUT2D eigenvalue weighted by Crippen LogP contribution is -2.36. The standard InChI is InChI=1S/C16H19N7O2/c1-10-14(11(2)25-21-10)6-17-5-13-7-23-15(8-24-13)16(20-22-23)12-3-18-9-19-4-12/h3-4,9,13,17H,5-8H2,1-2H3. The molecule has 1 N–H and O–H groups in total. The van der Waals surface area contributed by atoms with E-state index in [1.807, 2.05) is 18.5 Å². The fourth-order valence-corrected chi connectivity index (χ4v) is 2.95. The van der Waals surface area contributed by atoms with Gasteiger partial charge in [-0.25, -0.2) is 14.6 Å². The summed E-state index contributed by atoms with van der Waals surface area (Å²) in [6.07, 6.45) is 5.00. The number of aromatic nitrogens is 6. The zero-order chi connectivity index (χ0) is 17.2. The second-order valence-corrected chi connectivity index (χ2v) is 6.06. The summed E-state index contributed by atoms with van der Waals surface area (Å²) in [4.78, 5) is 8.06. The fourth-order valence-electron chi connectivity index (χ4n) is 2.95. The number of rotatable bonds is 5. The van der Waals surface area contributed by atoms with E-state index in [4.69, 9.17) is 9.26 Å². The minimum Gasteiger partial charge on any atom is -0.369 e. The molecule has 0 fully saturated rings. The van der Waals surface area contributed by atoms with Crippen LogP contribution in [0.5, 0.6) is 0 Å². The van der Waals surface area contributed by atoms with Crippen molar-refractivity contribution in [3.8, 4) is 11.3 Å². The Morgan fingerprint density at radius 2 is 2.12 bits per heavy atom. The number of ether oxygens (including phenoxy) is 1. The zero-order valence-electron chi connectivity index (χ0n) is 14.1. The third-order valence-electron chi connectivity index (χ3n) is 4.36. The van der Waals surface area contributed by atoms with Crippen LogP contribution in [0.2, 0.25) is 0 Å². The SMILES string of the molecule is Cc1noc(C)c1CNCC1Cn2nnc(-c3cncnc3)c2CO1. The molecule has 1 unspecified atom stereocenters. The van der Waals surface area contributed by atoms with Crippen molar-refractivity contribution in [1.29, 1.82) is 0 Å². The fraction of sp³-hybridized carbons (Fsp3) is 0.438. The molecule has 4 rings (SSSR count). The van der Waals surface area contributed by atoms with Crippen molar-refractivity contribution in [2.24, 2.45) is 0 Å². The first-order valence-corrected chi connectivity index (χ1v) is 8.14. The third kappa shape index (κ3) is 3.15. The Balaban J connectivity index is 1.38. The molecule has 0 aliphatic carbocycles. The van der Waals surface area contributed by atoms with Crippen LogP contribution in [0.1, 0.15) is 22.7 Å². The maximum atomic E-state index is 5.96. The van der Waals surface area contributed by atoms with Crippen molar-refractivity contribution in [2.45, 2.75) is 39.6 Å². The van der Waals surface area contributed by atoms with Gasteiger partial charge in [-0.05, 0) is 13.8 Å². The van der Waals surface area contributed by atoms with E-state index in [-0.39, 0.29) is 6.10 Å². The van der Waals surface area contributed by atoms with Gasteiger partial charge in [0.2, 0.25) is 0 Å². The molecule has 0 bridgehead atoms. The van der Waals surface area contributed by atoms with E-state index in [1.54, 1.807) is 12.4 Å². The maximum Gasteiger partial charge on any atom is 0.138 e. The van der Waals surface area contributed by atoms with E-state index in [0.717, 1.165) is 34.0 Å². The molecule has 3 aromatic rings. The summed E-state index contributed by atoms with van der Waals surface area (Å²) in [6.45, 7) is 6.41. The molecule has 0 saturated carbocycles. The first kappa shape index (κ1) is 15.9. The summed E-state index contributed by atoms with van der Waals surface area (Å²) in [6, 6.07) is 0. The Morgan fingerprint density at radius 3 is 2.88 bits per heavy atom. The highest BCUT2D eigenvalue weighted by molar-refractivity contribution is 5.58. The maximum absolute atomic E-state index is 5.96. The highest BCUT2D eigenvalue weighted by Crippen LogP contribution is 2.23. The minimum absolute atomic E-state index is 0.0366. The molecule has 9 nitrogen and oxygen atoms in total. The van der Waals surface area contributed by atoms with Gasteiger partial charge in [-0.2, -0.15) is 0 Å². The summed E-state index contributed by atoms with van der Waals surface area (Å²) >= 11 is 0. The van der Waals surface area contributed by atoms with Crippen molar-refractivity contribution < 1.29 is 9.26 Å². The first-order valence-electron chi connectivity index (χ1n) is 8.14. The largest absolute Gasteiger partial charge is 0.369 e. The molecule has 4 heterocycles. The second-order valence-electron chi connectivity index (χ2n) is 6.06. The molecule has 0 amide bonds. The molecule has 0 saturated heterocycles. The molecule has 1 aliphatic rings. The minimum atomic E-state index is 0.0366. The lowest BCUT2D eigenvalue weighted by molar-refractivity contribution is 0.00123. The average molecular weight is 341 g/mol. The Morgan fingerprint density at radius 1 is 1.28 bits per heavy atom. The first-order chi connectivity index (χ1) is 12.2. The monoisotopic (exact) mass is 341 g/mol. The lowest BCUT2D eigenvalue weighted by Gasteiger charge is -2.24.